The standard InChI is InChI=1S/C37H57NO6/c1-23(2)24-13-16-37(31(42)43-10)18-17-35(8)25(29(24)37)11-12-27-34(7,19-20-38)26(14-15-36(27,35)9)33(5,6)22-44-28(39)21-32(3,4)30(40)41/h24-27,29H,1,11-19,21-22H2,2-10H3,(H,40,41)/t24-,25?,26?,27?,29?,34-,35+,36+,37?/m0/s1. The van der Waals surface area contributed by atoms with Crippen LogP contribution in [0.3, 0.4) is 0 Å². The number of carboxylic acid groups (broad SMARTS) is 1. The van der Waals surface area contributed by atoms with E-state index < -0.39 is 28.2 Å². The molecule has 246 valence electrons. The fourth-order valence-electron chi connectivity index (χ4n) is 11.6. The molecule has 44 heavy (non-hydrogen) atoms. The van der Waals surface area contributed by atoms with Crippen molar-refractivity contribution in [2.24, 2.45) is 62.1 Å². The van der Waals surface area contributed by atoms with E-state index in [2.05, 4.69) is 54.2 Å². The van der Waals surface area contributed by atoms with Gasteiger partial charge in [0, 0.05) is 11.8 Å². The molecule has 0 amide bonds. The quantitative estimate of drug-likeness (QED) is 0.208. The smallest absolute Gasteiger partial charge is 0.312 e. The highest BCUT2D eigenvalue weighted by Crippen LogP contribution is 2.76. The average molecular weight is 612 g/mol. The molecule has 5 unspecified atom stereocenters. The van der Waals surface area contributed by atoms with Crippen molar-refractivity contribution in [2.45, 2.75) is 120 Å². The molecule has 0 aromatic heterocycles. The number of hydrogen-bond acceptors (Lipinski definition) is 6. The van der Waals surface area contributed by atoms with Crippen molar-refractivity contribution >= 4 is 17.9 Å². The largest absolute Gasteiger partial charge is 0.481 e. The molecule has 0 spiro atoms. The highest BCUT2D eigenvalue weighted by Gasteiger charge is 2.71. The van der Waals surface area contributed by atoms with Crippen LogP contribution in [-0.2, 0) is 23.9 Å². The van der Waals surface area contributed by atoms with Crippen LogP contribution < -0.4 is 0 Å². The molecule has 0 aliphatic heterocycles. The Morgan fingerprint density at radius 2 is 1.64 bits per heavy atom. The maximum absolute atomic E-state index is 13.5. The summed E-state index contributed by atoms with van der Waals surface area (Å²) in [7, 11) is 1.54. The number of ether oxygens (including phenoxy) is 2. The Kier molecular flexibility index (Phi) is 8.99. The van der Waals surface area contributed by atoms with Crippen molar-refractivity contribution in [3.63, 3.8) is 0 Å². The summed E-state index contributed by atoms with van der Waals surface area (Å²) in [5, 5.41) is 19.7. The van der Waals surface area contributed by atoms with Crippen molar-refractivity contribution in [2.75, 3.05) is 13.7 Å². The molecular weight excluding hydrogens is 554 g/mol. The van der Waals surface area contributed by atoms with Crippen LogP contribution in [0.2, 0.25) is 0 Å². The van der Waals surface area contributed by atoms with Gasteiger partial charge in [-0.2, -0.15) is 5.26 Å². The average Bonchev–Trinajstić information content (AvgIpc) is 3.33. The maximum Gasteiger partial charge on any atom is 0.312 e. The molecule has 0 heterocycles. The lowest BCUT2D eigenvalue weighted by molar-refractivity contribution is -0.232. The van der Waals surface area contributed by atoms with Crippen molar-refractivity contribution < 1.29 is 29.0 Å². The van der Waals surface area contributed by atoms with Gasteiger partial charge in [0.15, 0.2) is 0 Å². The second-order valence-corrected chi connectivity index (χ2v) is 17.2. The van der Waals surface area contributed by atoms with Crippen molar-refractivity contribution in [1.29, 1.82) is 5.26 Å². The zero-order valence-corrected chi connectivity index (χ0v) is 28.8. The zero-order chi connectivity index (χ0) is 33.1. The van der Waals surface area contributed by atoms with Crippen LogP contribution >= 0.6 is 0 Å². The van der Waals surface area contributed by atoms with Crippen LogP contribution in [0.4, 0.5) is 0 Å². The van der Waals surface area contributed by atoms with Gasteiger partial charge in [-0.3, -0.25) is 14.4 Å². The van der Waals surface area contributed by atoms with E-state index in [1.54, 1.807) is 0 Å². The molecule has 0 aromatic carbocycles. The number of allylic oxidation sites excluding steroid dienone is 1. The van der Waals surface area contributed by atoms with Crippen LogP contribution in [0.5, 0.6) is 0 Å². The summed E-state index contributed by atoms with van der Waals surface area (Å²) in [5.74, 6) is -0.163. The van der Waals surface area contributed by atoms with E-state index in [9.17, 15) is 24.8 Å². The number of fused-ring (bicyclic) bond motifs is 5. The summed E-state index contributed by atoms with van der Waals surface area (Å²) in [4.78, 5) is 37.8. The normalized spacial score (nSPS) is 40.0. The number of carboxylic acids is 1. The SMILES string of the molecule is C=C(C)[C@@H]1CCC2(C(=O)OC)CC[C@]3(C)C(CCC4[C@@](C)(CC#N)C(C(C)(C)COC(=O)CC(C)(C)C(=O)O)CC[C@]43C)C12. The predicted molar refractivity (Wildman–Crippen MR) is 169 cm³/mol. The number of rotatable bonds is 9. The Labute approximate surface area is 265 Å². The summed E-state index contributed by atoms with van der Waals surface area (Å²) in [6, 6.07) is 2.56. The van der Waals surface area contributed by atoms with Gasteiger partial charge in [0.1, 0.15) is 0 Å². The van der Waals surface area contributed by atoms with E-state index in [1.165, 1.54) is 26.5 Å². The van der Waals surface area contributed by atoms with Crippen LogP contribution in [0.1, 0.15) is 120 Å². The lowest BCUT2D eigenvalue weighted by Gasteiger charge is -2.71. The second-order valence-electron chi connectivity index (χ2n) is 17.2. The summed E-state index contributed by atoms with van der Waals surface area (Å²) in [6.45, 7) is 21.3. The fourth-order valence-corrected chi connectivity index (χ4v) is 11.6. The topological polar surface area (TPSA) is 114 Å². The van der Waals surface area contributed by atoms with Gasteiger partial charge in [-0.15, -0.1) is 0 Å². The van der Waals surface area contributed by atoms with Gasteiger partial charge in [0.05, 0.1) is 37.0 Å². The van der Waals surface area contributed by atoms with Gasteiger partial charge in [0.25, 0.3) is 0 Å². The fraction of sp³-hybridized carbons (Fsp3) is 0.838. The molecule has 4 saturated carbocycles. The molecule has 0 bridgehead atoms. The Bertz CT molecular complexity index is 1230. The molecular formula is C37H57NO6. The van der Waals surface area contributed by atoms with E-state index >= 15 is 0 Å². The van der Waals surface area contributed by atoms with Gasteiger partial charge in [-0.25, -0.2) is 0 Å². The van der Waals surface area contributed by atoms with Crippen LogP contribution in [0.15, 0.2) is 12.2 Å². The molecule has 0 aromatic rings. The second kappa shape index (κ2) is 11.5. The van der Waals surface area contributed by atoms with Crippen molar-refractivity contribution in [3.05, 3.63) is 12.2 Å². The first-order chi connectivity index (χ1) is 20.3. The first-order valence-corrected chi connectivity index (χ1v) is 16.8. The minimum atomic E-state index is -1.19. The van der Waals surface area contributed by atoms with E-state index in [4.69, 9.17) is 9.47 Å². The highest BCUT2D eigenvalue weighted by atomic mass is 16.5. The van der Waals surface area contributed by atoms with Crippen LogP contribution in [0.25, 0.3) is 0 Å². The highest BCUT2D eigenvalue weighted by molar-refractivity contribution is 5.81. The molecule has 4 aliphatic rings. The summed E-state index contributed by atoms with van der Waals surface area (Å²) < 4.78 is 11.3. The Hall–Kier alpha value is -2.36. The minimum Gasteiger partial charge on any atom is -0.481 e. The molecule has 4 rings (SSSR count). The number of nitrogens with zero attached hydrogens (tertiary/aromatic N) is 1. The lowest BCUT2D eigenvalue weighted by atomic mass is 9.33. The summed E-state index contributed by atoms with van der Waals surface area (Å²) >= 11 is 0. The molecule has 4 aliphatic carbocycles. The molecule has 1 N–H and O–H groups in total. The van der Waals surface area contributed by atoms with Crippen molar-refractivity contribution in [3.8, 4) is 6.07 Å². The number of methoxy groups -OCH3 is 1. The molecule has 9 atom stereocenters. The summed E-state index contributed by atoms with van der Waals surface area (Å²) in [6.07, 6.45) is 7.92. The van der Waals surface area contributed by atoms with Crippen LogP contribution in [0, 0.1) is 73.4 Å². The van der Waals surface area contributed by atoms with Gasteiger partial charge in [0.2, 0.25) is 0 Å². The van der Waals surface area contributed by atoms with E-state index in [-0.39, 0.29) is 47.1 Å². The third-order valence-electron chi connectivity index (χ3n) is 14.1. The molecule has 0 radical (unpaired) electrons. The van der Waals surface area contributed by atoms with Gasteiger partial charge < -0.3 is 14.6 Å². The molecule has 0 saturated heterocycles. The Morgan fingerprint density at radius 1 is 0.977 bits per heavy atom. The minimum absolute atomic E-state index is 0.0108. The number of carbonyl (C=O) groups is 3. The number of carbonyl (C=O) groups excluding carboxylic acids is 2. The van der Waals surface area contributed by atoms with E-state index in [1.807, 2.05) is 0 Å². The maximum atomic E-state index is 13.5. The van der Waals surface area contributed by atoms with E-state index in [0.717, 1.165) is 51.4 Å². The van der Waals surface area contributed by atoms with Gasteiger partial charge >= 0.3 is 17.9 Å². The van der Waals surface area contributed by atoms with Crippen LogP contribution in [-0.4, -0.2) is 36.7 Å². The number of aliphatic carboxylic acids is 1. The van der Waals surface area contributed by atoms with Crippen molar-refractivity contribution in [1.82, 2.24) is 0 Å². The van der Waals surface area contributed by atoms with Gasteiger partial charge in [-0.1, -0.05) is 46.8 Å². The molecule has 7 nitrogen and oxygen atoms in total. The van der Waals surface area contributed by atoms with E-state index in [0.29, 0.717) is 24.2 Å². The summed E-state index contributed by atoms with van der Waals surface area (Å²) in [5.41, 5.74) is -1.12. The monoisotopic (exact) mass is 611 g/mol. The third-order valence-corrected chi connectivity index (χ3v) is 14.1. The predicted octanol–water partition coefficient (Wildman–Crippen LogP) is 7.98. The third kappa shape index (κ3) is 5.11. The lowest BCUT2D eigenvalue weighted by Crippen LogP contribution is -2.65. The number of esters is 2. The van der Waals surface area contributed by atoms with Gasteiger partial charge in [-0.05, 0) is 118 Å². The number of nitriles is 1. The Balaban J connectivity index is 1.65. The number of hydrogen-bond donors (Lipinski definition) is 1. The molecule has 7 heteroatoms. The Morgan fingerprint density at radius 3 is 2.20 bits per heavy atom. The molecule has 4 fully saturated rings. The zero-order valence-electron chi connectivity index (χ0n) is 28.8. The first-order valence-electron chi connectivity index (χ1n) is 16.8. The first kappa shape index (κ1) is 34.5.